The number of ether oxygens (including phenoxy) is 3. The molecule has 5 heteroatoms. The summed E-state index contributed by atoms with van der Waals surface area (Å²) in [4.78, 5) is 22.9. The zero-order chi connectivity index (χ0) is 14.3. The summed E-state index contributed by atoms with van der Waals surface area (Å²) >= 11 is 0. The van der Waals surface area contributed by atoms with Crippen LogP contribution in [0.15, 0.2) is 18.2 Å². The van der Waals surface area contributed by atoms with E-state index in [2.05, 4.69) is 0 Å². The smallest absolute Gasteiger partial charge is 0.344 e. The van der Waals surface area contributed by atoms with E-state index in [4.69, 9.17) is 14.2 Å². The maximum absolute atomic E-state index is 11.6. The van der Waals surface area contributed by atoms with Crippen molar-refractivity contribution in [1.82, 2.24) is 0 Å². The van der Waals surface area contributed by atoms with E-state index in [0.717, 1.165) is 0 Å². The van der Waals surface area contributed by atoms with Gasteiger partial charge in [-0.25, -0.2) is 4.79 Å². The van der Waals surface area contributed by atoms with Crippen LogP contribution in [0.1, 0.15) is 30.6 Å². The van der Waals surface area contributed by atoms with Crippen molar-refractivity contribution < 1.29 is 23.8 Å². The van der Waals surface area contributed by atoms with Gasteiger partial charge >= 0.3 is 5.97 Å². The first-order valence-corrected chi connectivity index (χ1v) is 6.12. The van der Waals surface area contributed by atoms with E-state index < -0.39 is 5.97 Å². The van der Waals surface area contributed by atoms with Crippen LogP contribution in [-0.2, 0) is 9.53 Å². The van der Waals surface area contributed by atoms with Crippen molar-refractivity contribution in [3.8, 4) is 11.5 Å². The van der Waals surface area contributed by atoms with Gasteiger partial charge in [-0.3, -0.25) is 4.79 Å². The number of hydrogen-bond donors (Lipinski definition) is 0. The van der Waals surface area contributed by atoms with Crippen LogP contribution in [0.2, 0.25) is 0 Å². The molecule has 0 heterocycles. The first-order chi connectivity index (χ1) is 9.12. The van der Waals surface area contributed by atoms with Gasteiger partial charge in [-0.05, 0) is 25.1 Å². The van der Waals surface area contributed by atoms with Gasteiger partial charge in [0.15, 0.2) is 23.9 Å². The Labute approximate surface area is 112 Å². The van der Waals surface area contributed by atoms with Crippen molar-refractivity contribution in [2.24, 2.45) is 0 Å². The molecule has 0 atom stereocenters. The monoisotopic (exact) mass is 266 g/mol. The summed E-state index contributed by atoms with van der Waals surface area (Å²) in [6, 6.07) is 4.88. The normalized spacial score (nSPS) is 9.84. The molecule has 104 valence electrons. The van der Waals surface area contributed by atoms with Crippen molar-refractivity contribution >= 4 is 11.8 Å². The number of methoxy groups -OCH3 is 1. The first-order valence-electron chi connectivity index (χ1n) is 6.12. The van der Waals surface area contributed by atoms with Crippen LogP contribution in [0.25, 0.3) is 0 Å². The van der Waals surface area contributed by atoms with Crippen LogP contribution in [0, 0.1) is 0 Å². The molecule has 0 saturated heterocycles. The van der Waals surface area contributed by atoms with Crippen LogP contribution >= 0.6 is 0 Å². The molecule has 0 N–H and O–H groups in total. The van der Waals surface area contributed by atoms with Crippen molar-refractivity contribution in [2.45, 2.75) is 20.3 Å². The molecule has 5 nitrogen and oxygen atoms in total. The van der Waals surface area contributed by atoms with E-state index in [1.807, 2.05) is 0 Å². The summed E-state index contributed by atoms with van der Waals surface area (Å²) in [5, 5.41) is 0. The standard InChI is InChI=1S/C14H18O5/c1-4-11(15)10-6-7-12(17-3)13(8-10)19-9-14(16)18-5-2/h6-8H,4-5,9H2,1-3H3. The summed E-state index contributed by atoms with van der Waals surface area (Å²) in [6.07, 6.45) is 0.406. The maximum Gasteiger partial charge on any atom is 0.344 e. The van der Waals surface area contributed by atoms with E-state index in [9.17, 15) is 9.59 Å². The second-order valence-electron chi connectivity index (χ2n) is 3.74. The maximum atomic E-state index is 11.6. The minimum atomic E-state index is -0.461. The molecule has 19 heavy (non-hydrogen) atoms. The molecule has 0 aliphatic rings. The van der Waals surface area contributed by atoms with Gasteiger partial charge in [0, 0.05) is 12.0 Å². The van der Waals surface area contributed by atoms with Gasteiger partial charge in [0.2, 0.25) is 0 Å². The van der Waals surface area contributed by atoms with Gasteiger partial charge in [0.05, 0.1) is 13.7 Å². The van der Waals surface area contributed by atoms with Crippen molar-refractivity contribution in [1.29, 1.82) is 0 Å². The lowest BCUT2D eigenvalue weighted by Crippen LogP contribution is -2.15. The quantitative estimate of drug-likeness (QED) is 0.559. The minimum absolute atomic E-state index is 0.00337. The highest BCUT2D eigenvalue weighted by atomic mass is 16.6. The van der Waals surface area contributed by atoms with Gasteiger partial charge in [-0.15, -0.1) is 0 Å². The summed E-state index contributed by atoms with van der Waals surface area (Å²) in [5.41, 5.74) is 0.530. The molecule has 0 amide bonds. The molecule has 0 bridgehead atoms. The molecule has 1 aromatic rings. The third-order valence-corrected chi connectivity index (χ3v) is 2.46. The predicted molar refractivity (Wildman–Crippen MR) is 69.7 cm³/mol. The Morgan fingerprint density at radius 3 is 2.47 bits per heavy atom. The lowest BCUT2D eigenvalue weighted by atomic mass is 10.1. The van der Waals surface area contributed by atoms with Crippen LogP contribution in [0.4, 0.5) is 0 Å². The van der Waals surface area contributed by atoms with Crippen molar-refractivity contribution in [3.05, 3.63) is 23.8 Å². The fourth-order valence-corrected chi connectivity index (χ4v) is 1.51. The van der Waals surface area contributed by atoms with Crippen molar-refractivity contribution in [2.75, 3.05) is 20.3 Å². The third-order valence-electron chi connectivity index (χ3n) is 2.46. The number of carbonyl (C=O) groups is 2. The number of carbonyl (C=O) groups excluding carboxylic acids is 2. The fraction of sp³-hybridized carbons (Fsp3) is 0.429. The molecule has 0 unspecified atom stereocenters. The largest absolute Gasteiger partial charge is 0.493 e. The topological polar surface area (TPSA) is 61.8 Å². The van der Waals surface area contributed by atoms with Crippen LogP contribution in [0.3, 0.4) is 0 Å². The highest BCUT2D eigenvalue weighted by Gasteiger charge is 2.11. The van der Waals surface area contributed by atoms with Gasteiger partial charge in [-0.2, -0.15) is 0 Å². The first kappa shape index (κ1) is 15.0. The Morgan fingerprint density at radius 1 is 1.16 bits per heavy atom. The number of rotatable bonds is 7. The Balaban J connectivity index is 2.84. The molecule has 1 aromatic carbocycles. The molecule has 1 rings (SSSR count). The minimum Gasteiger partial charge on any atom is -0.493 e. The number of ketones is 1. The number of benzene rings is 1. The fourth-order valence-electron chi connectivity index (χ4n) is 1.51. The number of Topliss-reactive ketones (excluding diaryl/α,β-unsaturated/α-hetero) is 1. The summed E-state index contributed by atoms with van der Waals surface area (Å²) < 4.78 is 15.2. The Kier molecular flexibility index (Phi) is 5.85. The molecular formula is C14H18O5. The molecule has 0 aliphatic carbocycles. The average Bonchev–Trinajstić information content (AvgIpc) is 2.44. The Hall–Kier alpha value is -2.04. The molecule has 0 radical (unpaired) electrons. The molecule has 0 fully saturated rings. The van der Waals surface area contributed by atoms with E-state index >= 15 is 0 Å². The van der Waals surface area contributed by atoms with Gasteiger partial charge in [0.25, 0.3) is 0 Å². The van der Waals surface area contributed by atoms with Crippen molar-refractivity contribution in [3.63, 3.8) is 0 Å². The molecular weight excluding hydrogens is 248 g/mol. The van der Waals surface area contributed by atoms with Crippen LogP contribution < -0.4 is 9.47 Å². The summed E-state index contributed by atoms with van der Waals surface area (Å²) in [6.45, 7) is 3.59. The van der Waals surface area contributed by atoms with Gasteiger partial charge in [-0.1, -0.05) is 6.92 Å². The Bertz CT molecular complexity index is 453. The summed E-state index contributed by atoms with van der Waals surface area (Å²) in [7, 11) is 1.49. The lowest BCUT2D eigenvalue weighted by molar-refractivity contribution is -0.145. The highest BCUT2D eigenvalue weighted by molar-refractivity contribution is 5.96. The molecule has 0 spiro atoms. The zero-order valence-electron chi connectivity index (χ0n) is 11.4. The van der Waals surface area contributed by atoms with Crippen LogP contribution in [-0.4, -0.2) is 32.1 Å². The van der Waals surface area contributed by atoms with Gasteiger partial charge in [0.1, 0.15) is 0 Å². The van der Waals surface area contributed by atoms with E-state index in [-0.39, 0.29) is 12.4 Å². The van der Waals surface area contributed by atoms with Gasteiger partial charge < -0.3 is 14.2 Å². The second-order valence-corrected chi connectivity index (χ2v) is 3.74. The van der Waals surface area contributed by atoms with Crippen LogP contribution in [0.5, 0.6) is 11.5 Å². The van der Waals surface area contributed by atoms with E-state index in [1.54, 1.807) is 32.0 Å². The van der Waals surface area contributed by atoms with E-state index in [0.29, 0.717) is 30.1 Å². The third kappa shape index (κ3) is 4.28. The molecule has 0 aliphatic heterocycles. The highest BCUT2D eigenvalue weighted by Crippen LogP contribution is 2.28. The number of esters is 1. The average molecular weight is 266 g/mol. The number of hydrogen-bond acceptors (Lipinski definition) is 5. The predicted octanol–water partition coefficient (Wildman–Crippen LogP) is 2.23. The molecule has 0 saturated carbocycles. The SMILES string of the molecule is CCOC(=O)COc1cc(C(=O)CC)ccc1OC. The zero-order valence-corrected chi connectivity index (χ0v) is 11.4. The Morgan fingerprint density at radius 2 is 1.89 bits per heavy atom. The van der Waals surface area contributed by atoms with E-state index in [1.165, 1.54) is 7.11 Å². The lowest BCUT2D eigenvalue weighted by Gasteiger charge is -2.11. The molecule has 0 aromatic heterocycles. The summed E-state index contributed by atoms with van der Waals surface area (Å²) in [5.74, 6) is 0.368. The second kappa shape index (κ2) is 7.41.